The molecular weight excluding hydrogens is 723 g/mol. The highest BCUT2D eigenvalue weighted by Gasteiger charge is 2.51. The molecule has 0 unspecified atom stereocenters. The molecule has 2 aliphatic heterocycles. The van der Waals surface area contributed by atoms with Crippen LogP contribution in [0.1, 0.15) is 25.7 Å². The van der Waals surface area contributed by atoms with Gasteiger partial charge < -0.3 is 40.0 Å². The number of aliphatic hydroxyl groups excluding tert-OH is 2. The van der Waals surface area contributed by atoms with Crippen LogP contribution < -0.4 is 10.6 Å². The third kappa shape index (κ3) is 5.78. The zero-order chi connectivity index (χ0) is 29.2. The molecule has 0 bridgehead atoms. The van der Waals surface area contributed by atoms with Gasteiger partial charge in [0.2, 0.25) is 0 Å². The molecule has 0 aromatic carbocycles. The SMILES string of the molecule is BC1=C[C@@]2(CC(C(=O)NCCCCNC(=O)C3=NO[C@]4(C=C(Br)C(OC)=C(Br)[C@@H]4O)C3)=NO2)[C@@H](O)C(Br)=C1OC. The largest absolute Gasteiger partial charge is 0.496 e. The first-order valence-electron chi connectivity index (χ1n) is 12.4. The minimum atomic E-state index is -1.22. The highest BCUT2D eigenvalue weighted by Crippen LogP contribution is 2.44. The van der Waals surface area contributed by atoms with Gasteiger partial charge in [0, 0.05) is 25.9 Å². The molecule has 0 saturated heterocycles. The Bertz CT molecular complexity index is 1190. The summed E-state index contributed by atoms with van der Waals surface area (Å²) >= 11 is 10.1. The number of carbonyl (C=O) groups is 2. The number of carbonyl (C=O) groups excluding carboxylic acids is 2. The smallest absolute Gasteiger partial charge is 0.269 e. The van der Waals surface area contributed by atoms with Gasteiger partial charge in [0.25, 0.3) is 11.8 Å². The second-order valence-electron chi connectivity index (χ2n) is 9.63. The van der Waals surface area contributed by atoms with Crippen LogP contribution in [0.5, 0.6) is 0 Å². The Kier molecular flexibility index (Phi) is 9.54. The van der Waals surface area contributed by atoms with Crippen LogP contribution in [0.2, 0.25) is 0 Å². The van der Waals surface area contributed by atoms with E-state index in [2.05, 4.69) is 68.7 Å². The van der Waals surface area contributed by atoms with Crippen molar-refractivity contribution in [2.45, 2.75) is 49.1 Å². The van der Waals surface area contributed by atoms with Crippen molar-refractivity contribution in [3.63, 3.8) is 0 Å². The molecule has 0 saturated carbocycles. The number of halogens is 3. The lowest BCUT2D eigenvalue weighted by molar-refractivity contribution is -0.115. The topological polar surface area (TPSA) is 160 Å². The number of nitrogens with one attached hydrogen (secondary N) is 2. The number of unbranched alkanes of at least 4 members (excludes halogenated alkanes) is 1. The van der Waals surface area contributed by atoms with Gasteiger partial charge in [-0.3, -0.25) is 9.59 Å². The fourth-order valence-corrected chi connectivity index (χ4v) is 7.44. The Balaban J connectivity index is 1.17. The number of oxime groups is 2. The van der Waals surface area contributed by atoms with Crippen molar-refractivity contribution in [1.82, 2.24) is 10.6 Å². The summed E-state index contributed by atoms with van der Waals surface area (Å²) in [6.07, 6.45) is 2.53. The van der Waals surface area contributed by atoms with E-state index in [9.17, 15) is 19.8 Å². The molecule has 4 atom stereocenters. The van der Waals surface area contributed by atoms with Crippen LogP contribution in [-0.2, 0) is 28.7 Å². The van der Waals surface area contributed by atoms with Crippen molar-refractivity contribution in [2.75, 3.05) is 27.3 Å². The number of methoxy groups -OCH3 is 2. The molecule has 2 aliphatic carbocycles. The average molecular weight is 751 g/mol. The molecule has 4 rings (SSSR count). The lowest BCUT2D eigenvalue weighted by atomic mass is 9.78. The van der Waals surface area contributed by atoms with E-state index in [1.165, 1.54) is 14.2 Å². The number of nitrogens with zero attached hydrogens (tertiary/aromatic N) is 2. The fraction of sp³-hybridized carbons (Fsp3) is 0.500. The van der Waals surface area contributed by atoms with E-state index in [0.717, 1.165) is 5.47 Å². The maximum absolute atomic E-state index is 12.6. The van der Waals surface area contributed by atoms with Crippen LogP contribution in [0.15, 0.2) is 52.9 Å². The number of aliphatic hydroxyl groups is 2. The molecule has 0 radical (unpaired) electrons. The van der Waals surface area contributed by atoms with Crippen LogP contribution in [-0.4, -0.2) is 92.0 Å². The minimum Gasteiger partial charge on any atom is -0.496 e. The normalized spacial score (nSPS) is 29.4. The summed E-state index contributed by atoms with van der Waals surface area (Å²) in [5.74, 6) is 0.162. The molecule has 2 heterocycles. The van der Waals surface area contributed by atoms with Crippen LogP contribution in [0.4, 0.5) is 0 Å². The second-order valence-corrected chi connectivity index (χ2v) is 12.2. The summed E-state index contributed by atoms with van der Waals surface area (Å²) in [5.41, 5.74) is -1.30. The van der Waals surface area contributed by atoms with Gasteiger partial charge in [0.1, 0.15) is 43.0 Å². The van der Waals surface area contributed by atoms with Crippen molar-refractivity contribution >= 4 is 78.9 Å². The first-order valence-corrected chi connectivity index (χ1v) is 14.7. The maximum atomic E-state index is 12.6. The summed E-state index contributed by atoms with van der Waals surface area (Å²) in [7, 11) is 4.81. The summed E-state index contributed by atoms with van der Waals surface area (Å²) in [4.78, 5) is 36.3. The zero-order valence-corrected chi connectivity index (χ0v) is 26.7. The van der Waals surface area contributed by atoms with Crippen LogP contribution in [0.3, 0.4) is 0 Å². The van der Waals surface area contributed by atoms with Gasteiger partial charge in [0.15, 0.2) is 11.2 Å². The zero-order valence-electron chi connectivity index (χ0n) is 21.9. The van der Waals surface area contributed by atoms with Gasteiger partial charge in [-0.05, 0) is 78.3 Å². The van der Waals surface area contributed by atoms with E-state index < -0.39 is 29.3 Å². The van der Waals surface area contributed by atoms with Crippen LogP contribution in [0.25, 0.3) is 0 Å². The molecule has 0 fully saturated rings. The van der Waals surface area contributed by atoms with Crippen LogP contribution in [0, 0.1) is 0 Å². The third-order valence-corrected chi connectivity index (χ3v) is 9.07. The van der Waals surface area contributed by atoms with Gasteiger partial charge in [-0.1, -0.05) is 10.3 Å². The van der Waals surface area contributed by atoms with E-state index in [0.29, 0.717) is 50.9 Å². The Hall–Kier alpha value is -2.14. The van der Waals surface area contributed by atoms with Crippen molar-refractivity contribution in [3.8, 4) is 0 Å². The predicted molar refractivity (Wildman–Crippen MR) is 159 cm³/mol. The number of hydrogen-bond donors (Lipinski definition) is 4. The molecular formula is C24H28BBr3N4O8. The number of hydrogen-bond acceptors (Lipinski definition) is 10. The van der Waals surface area contributed by atoms with Crippen molar-refractivity contribution in [3.05, 3.63) is 42.6 Å². The molecule has 4 N–H and O–H groups in total. The summed E-state index contributed by atoms with van der Waals surface area (Å²) in [6.45, 7) is 0.710. The summed E-state index contributed by atoms with van der Waals surface area (Å²) in [6, 6.07) is 0. The molecule has 12 nitrogen and oxygen atoms in total. The average Bonchev–Trinajstić information content (AvgIpc) is 3.54. The minimum absolute atomic E-state index is 0.0749. The van der Waals surface area contributed by atoms with E-state index in [1.54, 1.807) is 12.2 Å². The highest BCUT2D eigenvalue weighted by molar-refractivity contribution is 9.12. The highest BCUT2D eigenvalue weighted by atomic mass is 79.9. The van der Waals surface area contributed by atoms with Crippen molar-refractivity contribution < 1.29 is 39.0 Å². The lowest BCUT2D eigenvalue weighted by Gasteiger charge is -2.33. The number of ether oxygens (including phenoxy) is 2. The van der Waals surface area contributed by atoms with Crippen molar-refractivity contribution in [2.24, 2.45) is 10.3 Å². The lowest BCUT2D eigenvalue weighted by Crippen LogP contribution is -2.45. The Morgan fingerprint density at radius 1 is 0.925 bits per heavy atom. The molecule has 4 aliphatic rings. The summed E-state index contributed by atoms with van der Waals surface area (Å²) < 4.78 is 12.0. The molecule has 0 aromatic rings. The quantitative estimate of drug-likeness (QED) is 0.201. The van der Waals surface area contributed by atoms with Gasteiger partial charge in [-0.25, -0.2) is 0 Å². The number of amides is 2. The molecule has 216 valence electrons. The monoisotopic (exact) mass is 748 g/mol. The van der Waals surface area contributed by atoms with Gasteiger partial charge >= 0.3 is 0 Å². The maximum Gasteiger partial charge on any atom is 0.269 e. The Morgan fingerprint density at radius 3 is 1.85 bits per heavy atom. The van der Waals surface area contributed by atoms with E-state index >= 15 is 0 Å². The van der Waals surface area contributed by atoms with Crippen LogP contribution >= 0.6 is 47.8 Å². The predicted octanol–water partition coefficient (Wildman–Crippen LogP) is 1.08. The first kappa shape index (κ1) is 30.8. The number of allylic oxidation sites excluding steroid dienone is 2. The molecule has 2 amide bonds. The molecule has 0 aromatic heterocycles. The second kappa shape index (κ2) is 12.4. The van der Waals surface area contributed by atoms with E-state index in [-0.39, 0.29) is 30.2 Å². The van der Waals surface area contributed by atoms with Crippen molar-refractivity contribution in [1.29, 1.82) is 0 Å². The van der Waals surface area contributed by atoms with E-state index in [4.69, 9.17) is 19.1 Å². The molecule has 2 spiro atoms. The fourth-order valence-electron chi connectivity index (χ4n) is 4.79. The van der Waals surface area contributed by atoms with Gasteiger partial charge in [-0.15, -0.1) is 0 Å². The Labute approximate surface area is 256 Å². The first-order chi connectivity index (χ1) is 19.0. The molecule has 40 heavy (non-hydrogen) atoms. The number of rotatable bonds is 9. The molecule has 16 heteroatoms. The summed E-state index contributed by atoms with van der Waals surface area (Å²) in [5, 5.41) is 34.9. The van der Waals surface area contributed by atoms with Gasteiger partial charge in [-0.2, -0.15) is 0 Å². The standard InChI is InChI=1S/C24H28BBr3N4O8/c1-37-17-11(25)7-23(19(33)15(17)27)9-13(31-39-23)21(35)29-5-3-4-6-30-22(36)14-10-24(40-32-14)8-12(26)18(38-2)16(28)20(24)34/h7-8,19-20,33-34H,3-6,9-10,25H2,1-2H3,(H,29,35)(H,30,36)/t19-,20-,23+,24+/m0/s1. The third-order valence-electron chi connectivity index (χ3n) is 6.89. The van der Waals surface area contributed by atoms with E-state index in [1.807, 2.05) is 7.85 Å². The Morgan fingerprint density at radius 2 is 1.38 bits per heavy atom. The van der Waals surface area contributed by atoms with Gasteiger partial charge in [0.05, 0.1) is 27.7 Å².